The number of rotatable bonds is 24. The lowest BCUT2D eigenvalue weighted by molar-refractivity contribution is -0.433. The zero-order valence-corrected chi connectivity index (χ0v) is 60.0. The summed E-state index contributed by atoms with van der Waals surface area (Å²) in [7, 11) is 0. The molecule has 24 atom stereocenters. The molecule has 8 saturated heterocycles. The normalized spacial score (nSPS) is 34.1. The predicted molar refractivity (Wildman–Crippen MR) is 391 cm³/mol. The fourth-order valence-corrected chi connectivity index (χ4v) is 16.5. The molecule has 107 heavy (non-hydrogen) atoms. The van der Waals surface area contributed by atoms with E-state index in [2.05, 4.69) is 6.92 Å². The number of hydrogen-bond donors (Lipinski definition) is 0. The van der Waals surface area contributed by atoms with Crippen molar-refractivity contribution in [1.29, 1.82) is 0 Å². The number of hydrogen-bond acceptors (Lipinski definition) is 20. The van der Waals surface area contributed by atoms with Crippen molar-refractivity contribution in [3.8, 4) is 0 Å². The smallest absolute Gasteiger partial charge is 0.187 e. The number of thioether (sulfide) groups is 1. The third kappa shape index (κ3) is 17.0. The van der Waals surface area contributed by atoms with Crippen molar-refractivity contribution in [3.63, 3.8) is 0 Å². The molecular weight excluding hydrogens is 1380 g/mol. The summed E-state index contributed by atoms with van der Waals surface area (Å²) < 4.78 is 138. The number of benzene rings is 9. The molecular formula is C87H88O19S. The minimum atomic E-state index is -1.38. The van der Waals surface area contributed by atoms with Gasteiger partial charge in [-0.15, -0.1) is 0 Å². The Morgan fingerprint density at radius 2 is 0.533 bits per heavy atom. The van der Waals surface area contributed by atoms with Gasteiger partial charge in [0.15, 0.2) is 44.0 Å². The molecule has 8 heterocycles. The molecule has 556 valence electrons. The van der Waals surface area contributed by atoms with Crippen molar-refractivity contribution in [1.82, 2.24) is 0 Å². The molecule has 12 unspecified atom stereocenters. The zero-order valence-electron chi connectivity index (χ0n) is 59.2. The summed E-state index contributed by atoms with van der Waals surface area (Å²) in [6.45, 7) is 3.32. The minimum absolute atomic E-state index is 0.0716. The summed E-state index contributed by atoms with van der Waals surface area (Å²) in [6, 6.07) is 89.7. The third-order valence-corrected chi connectivity index (χ3v) is 21.9. The Morgan fingerprint density at radius 3 is 0.879 bits per heavy atom. The molecule has 8 fully saturated rings. The Balaban J connectivity index is 0.790. The summed E-state index contributed by atoms with van der Waals surface area (Å²) in [6.07, 6.45) is -19.6. The van der Waals surface area contributed by atoms with Crippen molar-refractivity contribution in [2.24, 2.45) is 5.92 Å². The largest absolute Gasteiger partial charge is 0.370 e. The molecule has 0 saturated carbocycles. The van der Waals surface area contributed by atoms with Crippen molar-refractivity contribution < 1.29 is 90.0 Å². The van der Waals surface area contributed by atoms with Crippen molar-refractivity contribution >= 4 is 11.8 Å². The average molecular weight is 1470 g/mol. The van der Waals surface area contributed by atoms with Crippen LogP contribution >= 0.6 is 11.8 Å². The van der Waals surface area contributed by atoms with Crippen LogP contribution in [0.25, 0.3) is 0 Å². The molecule has 0 aliphatic carbocycles. The second-order valence-corrected chi connectivity index (χ2v) is 29.2. The predicted octanol–water partition coefficient (Wildman–Crippen LogP) is 14.3. The van der Waals surface area contributed by atoms with E-state index in [1.165, 1.54) is 11.8 Å². The lowest BCUT2D eigenvalue weighted by Gasteiger charge is -2.55. The quantitative estimate of drug-likeness (QED) is 0.0558. The van der Waals surface area contributed by atoms with Gasteiger partial charge in [0, 0.05) is 33.1 Å². The van der Waals surface area contributed by atoms with Crippen LogP contribution in [-0.4, -0.2) is 142 Å². The van der Waals surface area contributed by atoms with Gasteiger partial charge in [0.2, 0.25) is 0 Å². The van der Waals surface area contributed by atoms with Crippen molar-refractivity contribution in [3.05, 3.63) is 317 Å². The second kappa shape index (κ2) is 34.6. The molecule has 0 N–H and O–H groups in total. The van der Waals surface area contributed by atoms with Gasteiger partial charge in [-0.2, -0.15) is 0 Å². The molecule has 0 amide bonds. The van der Waals surface area contributed by atoms with Crippen LogP contribution in [0.3, 0.4) is 0 Å². The highest BCUT2D eigenvalue weighted by Crippen LogP contribution is 2.48. The molecule has 0 radical (unpaired) electrons. The Labute approximate surface area is 627 Å². The van der Waals surface area contributed by atoms with Gasteiger partial charge in [-0.1, -0.05) is 280 Å². The first-order valence-electron chi connectivity index (χ1n) is 37.1. The Hall–Kier alpha value is -7.43. The molecule has 0 aromatic heterocycles. The van der Waals surface area contributed by atoms with Crippen LogP contribution < -0.4 is 0 Å². The lowest BCUT2D eigenvalue weighted by Crippen LogP contribution is -2.70. The van der Waals surface area contributed by atoms with Gasteiger partial charge < -0.3 is 90.0 Å². The van der Waals surface area contributed by atoms with Gasteiger partial charge in [0.1, 0.15) is 90.9 Å². The van der Waals surface area contributed by atoms with Gasteiger partial charge in [-0.25, -0.2) is 0 Å². The average Bonchev–Trinajstić information content (AvgIpc) is 0.762. The number of ether oxygens (including phenoxy) is 19. The fraction of sp³-hybridized carbons (Fsp3) is 0.379. The van der Waals surface area contributed by atoms with E-state index < -0.39 is 147 Å². The van der Waals surface area contributed by atoms with E-state index in [1.54, 1.807) is 0 Å². The summed E-state index contributed by atoms with van der Waals surface area (Å²) in [5, 5.41) is 0. The highest BCUT2D eigenvalue weighted by atomic mass is 32.2. The molecule has 20 heteroatoms. The summed E-state index contributed by atoms with van der Waals surface area (Å²) in [5.41, 5.74) is 6.30. The number of fused-ring (bicyclic) bond motifs is 4. The highest BCUT2D eigenvalue weighted by Gasteiger charge is 2.61. The lowest BCUT2D eigenvalue weighted by atomic mass is 9.90. The van der Waals surface area contributed by atoms with Gasteiger partial charge in [0.25, 0.3) is 0 Å². The molecule has 19 nitrogen and oxygen atoms in total. The SMILES string of the molecule is CC1[C@H](OC2[C@H](OC3[C@H](OC4[C@@H](Sc5ccccc5)OC5COC(c6ccccc6)O[C@H]5[C@H]4OCc4ccccc4)OC4COC(c5ccccc5)O[C@H]4[C@H]3OCc3ccccc3)OC3COC(c4ccccc4)O[C@H]3[C@H]2OCc2ccccc2)OC2COC(c3ccccc3)O[C@H]2[C@H]1OCc1ccccc1. The second-order valence-electron chi connectivity index (χ2n) is 28.0. The molecule has 0 spiro atoms. The Morgan fingerprint density at radius 1 is 0.271 bits per heavy atom. The van der Waals surface area contributed by atoms with Crippen LogP contribution in [0, 0.1) is 5.92 Å². The molecule has 9 aromatic carbocycles. The fourth-order valence-electron chi connectivity index (χ4n) is 15.3. The van der Waals surface area contributed by atoms with E-state index in [0.29, 0.717) is 0 Å². The van der Waals surface area contributed by atoms with Crippen LogP contribution in [0.15, 0.2) is 278 Å². The summed E-state index contributed by atoms with van der Waals surface area (Å²) >= 11 is 1.50. The van der Waals surface area contributed by atoms with E-state index in [-0.39, 0.29) is 52.9 Å². The van der Waals surface area contributed by atoms with E-state index in [1.807, 2.05) is 273 Å². The zero-order chi connectivity index (χ0) is 71.7. The van der Waals surface area contributed by atoms with Crippen LogP contribution in [-0.2, 0) is 116 Å². The minimum Gasteiger partial charge on any atom is -0.370 e. The van der Waals surface area contributed by atoms with E-state index >= 15 is 0 Å². The van der Waals surface area contributed by atoms with E-state index in [0.717, 1.165) is 49.4 Å². The van der Waals surface area contributed by atoms with Crippen molar-refractivity contribution in [2.75, 3.05) is 26.4 Å². The molecule has 0 bridgehead atoms. The van der Waals surface area contributed by atoms with Gasteiger partial charge in [-0.3, -0.25) is 0 Å². The molecule has 17 rings (SSSR count). The highest BCUT2D eigenvalue weighted by molar-refractivity contribution is 7.99. The van der Waals surface area contributed by atoms with E-state index in [9.17, 15) is 0 Å². The molecule has 8 aliphatic rings. The summed E-state index contributed by atoms with van der Waals surface area (Å²) in [4.78, 5) is 0.923. The van der Waals surface area contributed by atoms with Crippen LogP contribution in [0.2, 0.25) is 0 Å². The first-order valence-corrected chi connectivity index (χ1v) is 38.0. The van der Waals surface area contributed by atoms with Crippen LogP contribution in [0.4, 0.5) is 0 Å². The van der Waals surface area contributed by atoms with Crippen LogP contribution in [0.1, 0.15) is 76.6 Å². The maximum Gasteiger partial charge on any atom is 0.187 e. The monoisotopic (exact) mass is 1470 g/mol. The molecule has 8 aliphatic heterocycles. The maximum atomic E-state index is 8.00. The van der Waals surface area contributed by atoms with Gasteiger partial charge >= 0.3 is 0 Å². The molecule has 9 aromatic rings. The topological polar surface area (TPSA) is 175 Å². The Bertz CT molecular complexity index is 4160. The van der Waals surface area contributed by atoms with Gasteiger partial charge in [0.05, 0.1) is 59.0 Å². The maximum absolute atomic E-state index is 8.00. The third-order valence-electron chi connectivity index (χ3n) is 20.8. The standard InChI is InChI=1S/C87H88O19S/c1-55-69(88-47-56-29-11-2-12-30-56)70-65(51-92-81(100-70)60-37-19-6-20-38-60)96-80(55)104-77-74(89-48-57-31-13-3-14-32-57)71-66(52-93-82(101-71)61-39-21-7-22-40-61)97-85(77)105-78-75(90-49-58-33-15-4-16-34-58)72-67(53-94-83(102-72)62-41-23-8-24-42-62)98-86(78)106-79-76(91-50-59-35-17-5-18-36-59)73-68(99-87(79)107-64-45-27-10-28-46-64)54-95-84(103-73)63-43-25-9-26-44-63/h2-46,55,65-87H,47-54H2,1H3/t55?,65?,66?,67?,68?,69-,70+,71+,72+,73+,74+,75+,76+,77?,78?,79?,80-,81?,82?,83?,84?,85-,86-,87+/m0/s1. The van der Waals surface area contributed by atoms with Crippen LogP contribution in [0.5, 0.6) is 0 Å². The van der Waals surface area contributed by atoms with Crippen molar-refractivity contribution in [2.45, 2.75) is 179 Å². The first kappa shape index (κ1) is 72.4. The van der Waals surface area contributed by atoms with E-state index in [4.69, 9.17) is 90.0 Å². The Kier molecular flexibility index (Phi) is 23.5. The first-order chi connectivity index (χ1) is 52.9. The summed E-state index contributed by atoms with van der Waals surface area (Å²) in [5.74, 6) is -0.520. The van der Waals surface area contributed by atoms with Gasteiger partial charge in [-0.05, 0) is 34.4 Å².